The van der Waals surface area contributed by atoms with Crippen molar-refractivity contribution in [3.63, 3.8) is 0 Å². The first-order valence-electron chi connectivity index (χ1n) is 5.25. The topological polar surface area (TPSA) is 82.7 Å². The first-order chi connectivity index (χ1) is 8.79. The smallest absolute Gasteiger partial charge is 0.269 e. The second-order valence-electron chi connectivity index (χ2n) is 3.73. The van der Waals surface area contributed by atoms with Crippen LogP contribution in [0.25, 0.3) is 22.4 Å². The summed E-state index contributed by atoms with van der Waals surface area (Å²) in [5.74, 6) is 0.393. The summed E-state index contributed by atoms with van der Waals surface area (Å²) in [4.78, 5) is 18.2. The van der Waals surface area contributed by atoms with Gasteiger partial charge in [0.2, 0.25) is 0 Å². The highest BCUT2D eigenvalue weighted by Crippen LogP contribution is 2.27. The standard InChI is InChI=1S/C13H7N3O2/c14-5-8-6-15-12(16-13(8)17)10-7-18-11-4-2-1-3-9(10)11/h1-4,6-7H,(H,15,16,17). The number of aromatic amines is 1. The number of hydrogen-bond acceptors (Lipinski definition) is 4. The van der Waals surface area contributed by atoms with Crippen molar-refractivity contribution >= 4 is 11.0 Å². The van der Waals surface area contributed by atoms with E-state index in [2.05, 4.69) is 9.97 Å². The van der Waals surface area contributed by atoms with Crippen LogP contribution in [-0.2, 0) is 0 Å². The fourth-order valence-electron chi connectivity index (χ4n) is 1.77. The van der Waals surface area contributed by atoms with Gasteiger partial charge in [-0.1, -0.05) is 18.2 Å². The minimum Gasteiger partial charge on any atom is -0.464 e. The first kappa shape index (κ1) is 10.3. The van der Waals surface area contributed by atoms with Gasteiger partial charge in [0.05, 0.1) is 11.8 Å². The molecule has 3 aromatic rings. The molecular weight excluding hydrogens is 230 g/mol. The summed E-state index contributed by atoms with van der Waals surface area (Å²) >= 11 is 0. The van der Waals surface area contributed by atoms with Gasteiger partial charge in [-0.05, 0) is 6.07 Å². The van der Waals surface area contributed by atoms with Gasteiger partial charge < -0.3 is 9.40 Å². The number of nitriles is 1. The van der Waals surface area contributed by atoms with Crippen molar-refractivity contribution in [1.82, 2.24) is 9.97 Å². The van der Waals surface area contributed by atoms with Crippen LogP contribution in [0.3, 0.4) is 0 Å². The molecule has 3 rings (SSSR count). The van der Waals surface area contributed by atoms with Crippen LogP contribution in [0.2, 0.25) is 0 Å². The number of aromatic nitrogens is 2. The predicted molar refractivity (Wildman–Crippen MR) is 64.8 cm³/mol. The highest BCUT2D eigenvalue weighted by molar-refractivity contribution is 5.91. The monoisotopic (exact) mass is 237 g/mol. The fourth-order valence-corrected chi connectivity index (χ4v) is 1.77. The third kappa shape index (κ3) is 1.48. The lowest BCUT2D eigenvalue weighted by Crippen LogP contribution is -2.11. The fraction of sp³-hybridized carbons (Fsp3) is 0. The number of rotatable bonds is 1. The molecule has 0 atom stereocenters. The molecule has 0 saturated heterocycles. The Balaban J connectivity index is 2.24. The van der Waals surface area contributed by atoms with E-state index in [1.165, 1.54) is 12.5 Å². The second kappa shape index (κ2) is 3.86. The van der Waals surface area contributed by atoms with Gasteiger partial charge in [-0.3, -0.25) is 4.79 Å². The summed E-state index contributed by atoms with van der Waals surface area (Å²) in [7, 11) is 0. The van der Waals surface area contributed by atoms with Gasteiger partial charge in [-0.2, -0.15) is 5.26 Å². The molecule has 0 unspecified atom stereocenters. The molecule has 1 N–H and O–H groups in total. The predicted octanol–water partition coefficient (Wildman–Crippen LogP) is 2.05. The van der Waals surface area contributed by atoms with Crippen molar-refractivity contribution in [3.8, 4) is 17.5 Å². The molecule has 18 heavy (non-hydrogen) atoms. The normalized spacial score (nSPS) is 10.4. The van der Waals surface area contributed by atoms with E-state index >= 15 is 0 Å². The Labute approximate surface area is 101 Å². The summed E-state index contributed by atoms with van der Waals surface area (Å²) in [6, 6.07) is 9.23. The Morgan fingerprint density at radius 2 is 2.17 bits per heavy atom. The van der Waals surface area contributed by atoms with Gasteiger partial charge in [0.1, 0.15) is 29.3 Å². The molecule has 0 amide bonds. The van der Waals surface area contributed by atoms with Crippen LogP contribution < -0.4 is 5.56 Å². The molecule has 2 aromatic heterocycles. The maximum atomic E-state index is 11.6. The zero-order valence-corrected chi connectivity index (χ0v) is 9.18. The maximum absolute atomic E-state index is 11.6. The zero-order chi connectivity index (χ0) is 12.5. The number of para-hydroxylation sites is 1. The van der Waals surface area contributed by atoms with Crippen LogP contribution >= 0.6 is 0 Å². The van der Waals surface area contributed by atoms with E-state index in [1.807, 2.05) is 24.3 Å². The highest BCUT2D eigenvalue weighted by atomic mass is 16.3. The second-order valence-corrected chi connectivity index (χ2v) is 3.73. The van der Waals surface area contributed by atoms with E-state index in [0.717, 1.165) is 11.0 Å². The number of hydrogen-bond donors (Lipinski definition) is 1. The SMILES string of the molecule is N#Cc1cnc(-c2coc3ccccc23)[nH]c1=O. The summed E-state index contributed by atoms with van der Waals surface area (Å²) in [6.45, 7) is 0. The lowest BCUT2D eigenvalue weighted by Gasteiger charge is -1.97. The lowest BCUT2D eigenvalue weighted by atomic mass is 10.1. The van der Waals surface area contributed by atoms with Crippen molar-refractivity contribution in [3.05, 3.63) is 52.6 Å². The molecule has 0 fully saturated rings. The molecule has 0 saturated carbocycles. The molecule has 2 heterocycles. The van der Waals surface area contributed by atoms with E-state index in [4.69, 9.17) is 9.68 Å². The third-order valence-electron chi connectivity index (χ3n) is 2.66. The van der Waals surface area contributed by atoms with Crippen molar-refractivity contribution in [2.24, 2.45) is 0 Å². The van der Waals surface area contributed by atoms with E-state index in [1.54, 1.807) is 6.07 Å². The average molecular weight is 237 g/mol. The van der Waals surface area contributed by atoms with Crippen molar-refractivity contribution in [2.45, 2.75) is 0 Å². The molecular formula is C13H7N3O2. The van der Waals surface area contributed by atoms with E-state index in [0.29, 0.717) is 11.4 Å². The number of nitrogens with one attached hydrogen (secondary N) is 1. The maximum Gasteiger partial charge on any atom is 0.269 e. The molecule has 0 aliphatic rings. The van der Waals surface area contributed by atoms with Gasteiger partial charge in [0.15, 0.2) is 0 Å². The van der Waals surface area contributed by atoms with E-state index in [-0.39, 0.29) is 5.56 Å². The van der Waals surface area contributed by atoms with Crippen molar-refractivity contribution in [2.75, 3.05) is 0 Å². The molecule has 0 radical (unpaired) electrons. The van der Waals surface area contributed by atoms with Crippen LogP contribution in [0.4, 0.5) is 0 Å². The van der Waals surface area contributed by atoms with Crippen LogP contribution in [0.15, 0.2) is 45.9 Å². The van der Waals surface area contributed by atoms with Crippen LogP contribution in [-0.4, -0.2) is 9.97 Å². The summed E-state index contributed by atoms with van der Waals surface area (Å²) in [5.41, 5.74) is 0.964. The molecule has 0 aliphatic heterocycles. The van der Waals surface area contributed by atoms with Gasteiger partial charge >= 0.3 is 0 Å². The highest BCUT2D eigenvalue weighted by Gasteiger charge is 2.10. The number of benzene rings is 1. The van der Waals surface area contributed by atoms with E-state index < -0.39 is 5.56 Å². The van der Waals surface area contributed by atoms with Gasteiger partial charge in [0, 0.05) is 5.39 Å². The molecule has 0 spiro atoms. The minimum absolute atomic E-state index is 0.00782. The van der Waals surface area contributed by atoms with Crippen LogP contribution in [0.1, 0.15) is 5.56 Å². The Hall–Kier alpha value is -2.87. The Kier molecular flexibility index (Phi) is 2.21. The number of H-pyrrole nitrogens is 1. The van der Waals surface area contributed by atoms with Gasteiger partial charge in [-0.25, -0.2) is 4.98 Å². The lowest BCUT2D eigenvalue weighted by molar-refractivity contribution is 0.616. The van der Waals surface area contributed by atoms with E-state index in [9.17, 15) is 4.79 Å². The Morgan fingerprint density at radius 3 is 2.94 bits per heavy atom. The largest absolute Gasteiger partial charge is 0.464 e. The minimum atomic E-state index is -0.451. The Morgan fingerprint density at radius 1 is 1.33 bits per heavy atom. The Bertz CT molecular complexity index is 824. The number of furan rings is 1. The number of fused-ring (bicyclic) bond motifs is 1. The summed E-state index contributed by atoms with van der Waals surface area (Å²) in [6.07, 6.45) is 2.80. The molecule has 0 bridgehead atoms. The quantitative estimate of drug-likeness (QED) is 0.702. The molecule has 1 aromatic carbocycles. The van der Waals surface area contributed by atoms with Gasteiger partial charge in [0.25, 0.3) is 5.56 Å². The molecule has 86 valence electrons. The molecule has 5 nitrogen and oxygen atoms in total. The third-order valence-corrected chi connectivity index (χ3v) is 2.66. The molecule has 5 heteroatoms. The zero-order valence-electron chi connectivity index (χ0n) is 9.18. The van der Waals surface area contributed by atoms with Crippen molar-refractivity contribution < 1.29 is 4.42 Å². The summed E-state index contributed by atoms with van der Waals surface area (Å²) in [5, 5.41) is 9.55. The molecule has 0 aliphatic carbocycles. The van der Waals surface area contributed by atoms with Crippen molar-refractivity contribution in [1.29, 1.82) is 5.26 Å². The van der Waals surface area contributed by atoms with Crippen LogP contribution in [0, 0.1) is 11.3 Å². The first-order valence-corrected chi connectivity index (χ1v) is 5.25. The summed E-state index contributed by atoms with van der Waals surface area (Å²) < 4.78 is 5.37. The van der Waals surface area contributed by atoms with Crippen LogP contribution in [0.5, 0.6) is 0 Å². The number of nitrogens with zero attached hydrogens (tertiary/aromatic N) is 2. The van der Waals surface area contributed by atoms with Gasteiger partial charge in [-0.15, -0.1) is 0 Å². The average Bonchev–Trinajstić information content (AvgIpc) is 2.82.